The zero-order valence-electron chi connectivity index (χ0n) is 8.80. The van der Waals surface area contributed by atoms with Crippen LogP contribution in [0.1, 0.15) is 12.0 Å². The van der Waals surface area contributed by atoms with Gasteiger partial charge in [-0.1, -0.05) is 6.07 Å². The molecule has 2 unspecified atom stereocenters. The maximum Gasteiger partial charge on any atom is 0.237 e. The Kier molecular flexibility index (Phi) is 1.67. The number of hydrogen-bond donors (Lipinski definition) is 1. The minimum absolute atomic E-state index is 0.101. The minimum atomic E-state index is -0.127. The fourth-order valence-electron chi connectivity index (χ4n) is 2.17. The number of aryl methyl sites for hydroxylation is 1. The van der Waals surface area contributed by atoms with Crippen LogP contribution in [-0.2, 0) is 9.59 Å². The smallest absolute Gasteiger partial charge is 0.237 e. The summed E-state index contributed by atoms with van der Waals surface area (Å²) in [7, 11) is 0. The first kappa shape index (κ1) is 9.39. The molecule has 4 heteroatoms. The van der Waals surface area contributed by atoms with Gasteiger partial charge in [0.2, 0.25) is 11.8 Å². The second kappa shape index (κ2) is 2.84. The van der Waals surface area contributed by atoms with Crippen molar-refractivity contribution in [3.63, 3.8) is 0 Å². The summed E-state index contributed by atoms with van der Waals surface area (Å²) >= 11 is 0. The molecule has 2 aliphatic rings. The number of carbonyl (C=O) groups is 2. The molecule has 1 saturated carbocycles. The number of anilines is 1. The van der Waals surface area contributed by atoms with Crippen molar-refractivity contribution >= 4 is 17.5 Å². The molecule has 3 rings (SSSR count). The highest BCUT2D eigenvalue weighted by Gasteiger charge is 2.59. The van der Waals surface area contributed by atoms with Crippen LogP contribution in [0.5, 0.6) is 5.75 Å². The van der Waals surface area contributed by atoms with Crippen LogP contribution >= 0.6 is 0 Å². The highest BCUT2D eigenvalue weighted by molar-refractivity contribution is 6.24. The highest BCUT2D eigenvalue weighted by Crippen LogP contribution is 2.48. The summed E-state index contributed by atoms with van der Waals surface area (Å²) in [5.41, 5.74) is 1.21. The van der Waals surface area contributed by atoms with Crippen LogP contribution in [0.25, 0.3) is 0 Å². The van der Waals surface area contributed by atoms with Crippen LogP contribution < -0.4 is 4.90 Å². The van der Waals surface area contributed by atoms with Gasteiger partial charge in [-0.3, -0.25) is 9.59 Å². The zero-order valence-corrected chi connectivity index (χ0v) is 8.80. The topological polar surface area (TPSA) is 57.6 Å². The van der Waals surface area contributed by atoms with E-state index in [0.717, 1.165) is 5.56 Å². The number of amides is 2. The minimum Gasteiger partial charge on any atom is -0.508 e. The van der Waals surface area contributed by atoms with Crippen molar-refractivity contribution in [3.05, 3.63) is 23.8 Å². The van der Waals surface area contributed by atoms with Crippen molar-refractivity contribution < 1.29 is 14.7 Å². The molecule has 82 valence electrons. The Morgan fingerprint density at radius 2 is 1.88 bits per heavy atom. The van der Waals surface area contributed by atoms with Gasteiger partial charge in [0, 0.05) is 6.07 Å². The van der Waals surface area contributed by atoms with E-state index in [1.54, 1.807) is 19.1 Å². The van der Waals surface area contributed by atoms with E-state index >= 15 is 0 Å². The average Bonchev–Trinajstić information content (AvgIpc) is 2.98. The quantitative estimate of drug-likeness (QED) is 0.719. The van der Waals surface area contributed by atoms with Gasteiger partial charge in [0.25, 0.3) is 0 Å². The zero-order chi connectivity index (χ0) is 11.4. The Balaban J connectivity index is 2.01. The van der Waals surface area contributed by atoms with Crippen LogP contribution in [0.4, 0.5) is 5.69 Å². The molecule has 0 bridgehead atoms. The van der Waals surface area contributed by atoms with Crippen LogP contribution in [0.3, 0.4) is 0 Å². The average molecular weight is 217 g/mol. The lowest BCUT2D eigenvalue weighted by atomic mass is 10.2. The van der Waals surface area contributed by atoms with Gasteiger partial charge in [0.1, 0.15) is 5.75 Å². The SMILES string of the molecule is Cc1ccc(N2C(=O)C3CC3C2=O)cc1O. The van der Waals surface area contributed by atoms with E-state index in [-0.39, 0.29) is 29.4 Å². The number of hydrogen-bond acceptors (Lipinski definition) is 3. The Hall–Kier alpha value is -1.84. The normalized spacial score (nSPS) is 27.2. The van der Waals surface area contributed by atoms with Gasteiger partial charge in [-0.15, -0.1) is 0 Å². The number of benzene rings is 1. The largest absolute Gasteiger partial charge is 0.508 e. The van der Waals surface area contributed by atoms with Gasteiger partial charge >= 0.3 is 0 Å². The third-order valence-electron chi connectivity index (χ3n) is 3.32. The van der Waals surface area contributed by atoms with E-state index in [2.05, 4.69) is 0 Å². The molecular formula is C12H11NO3. The number of imide groups is 1. The third-order valence-corrected chi connectivity index (χ3v) is 3.32. The number of aromatic hydroxyl groups is 1. The summed E-state index contributed by atoms with van der Waals surface area (Å²) in [5, 5.41) is 9.56. The summed E-state index contributed by atoms with van der Waals surface area (Å²) in [4.78, 5) is 24.7. The maximum absolute atomic E-state index is 11.8. The molecular weight excluding hydrogens is 206 g/mol. The van der Waals surface area contributed by atoms with E-state index in [1.165, 1.54) is 11.0 Å². The number of fused-ring (bicyclic) bond motifs is 1. The summed E-state index contributed by atoms with van der Waals surface area (Å²) in [5.74, 6) is -0.345. The fourth-order valence-corrected chi connectivity index (χ4v) is 2.17. The van der Waals surface area contributed by atoms with E-state index in [4.69, 9.17) is 0 Å². The molecule has 0 spiro atoms. The molecule has 16 heavy (non-hydrogen) atoms. The molecule has 4 nitrogen and oxygen atoms in total. The molecule has 2 amide bonds. The lowest BCUT2D eigenvalue weighted by Gasteiger charge is -2.16. The molecule has 1 aliphatic heterocycles. The third kappa shape index (κ3) is 1.10. The molecule has 0 radical (unpaired) electrons. The number of rotatable bonds is 1. The number of carbonyl (C=O) groups excluding carboxylic acids is 2. The van der Waals surface area contributed by atoms with Gasteiger partial charge in [-0.25, -0.2) is 4.90 Å². The van der Waals surface area contributed by atoms with Crippen LogP contribution in [0, 0.1) is 18.8 Å². The van der Waals surface area contributed by atoms with Gasteiger partial charge in [-0.05, 0) is 25.0 Å². The summed E-state index contributed by atoms with van der Waals surface area (Å²) in [6.45, 7) is 1.77. The van der Waals surface area contributed by atoms with E-state index in [0.29, 0.717) is 12.1 Å². The maximum atomic E-state index is 11.8. The molecule has 2 fully saturated rings. The summed E-state index contributed by atoms with van der Waals surface area (Å²) < 4.78 is 0. The van der Waals surface area contributed by atoms with E-state index < -0.39 is 0 Å². The van der Waals surface area contributed by atoms with E-state index in [1.807, 2.05) is 0 Å². The molecule has 1 N–H and O–H groups in total. The Bertz CT molecular complexity index is 489. The second-order valence-corrected chi connectivity index (χ2v) is 4.43. The number of phenols is 1. The summed E-state index contributed by atoms with van der Waals surface area (Å²) in [6, 6.07) is 4.86. The molecule has 1 aliphatic carbocycles. The Morgan fingerprint density at radius 1 is 1.25 bits per heavy atom. The first-order valence-corrected chi connectivity index (χ1v) is 5.27. The van der Waals surface area contributed by atoms with Crippen molar-refractivity contribution in [3.8, 4) is 5.75 Å². The lowest BCUT2D eigenvalue weighted by Crippen LogP contribution is -2.32. The first-order chi connectivity index (χ1) is 7.59. The van der Waals surface area contributed by atoms with Gasteiger partial charge in [0.15, 0.2) is 0 Å². The van der Waals surface area contributed by atoms with Crippen LogP contribution in [-0.4, -0.2) is 16.9 Å². The second-order valence-electron chi connectivity index (χ2n) is 4.43. The fraction of sp³-hybridized carbons (Fsp3) is 0.333. The van der Waals surface area contributed by atoms with Crippen molar-refractivity contribution in [1.29, 1.82) is 0 Å². The van der Waals surface area contributed by atoms with Crippen LogP contribution in [0.2, 0.25) is 0 Å². The van der Waals surface area contributed by atoms with Crippen molar-refractivity contribution in [2.45, 2.75) is 13.3 Å². The number of piperidine rings is 1. The van der Waals surface area contributed by atoms with Crippen LogP contribution in [0.15, 0.2) is 18.2 Å². The molecule has 1 saturated heterocycles. The molecule has 1 aromatic carbocycles. The molecule has 1 heterocycles. The predicted octanol–water partition coefficient (Wildman–Crippen LogP) is 1.21. The first-order valence-electron chi connectivity index (χ1n) is 5.27. The Morgan fingerprint density at radius 3 is 2.44 bits per heavy atom. The van der Waals surface area contributed by atoms with Gasteiger partial charge < -0.3 is 5.11 Å². The molecule has 0 aromatic heterocycles. The van der Waals surface area contributed by atoms with Gasteiger partial charge in [-0.2, -0.15) is 0 Å². The Labute approximate surface area is 92.5 Å². The molecule has 1 aromatic rings. The van der Waals surface area contributed by atoms with E-state index in [9.17, 15) is 14.7 Å². The molecule has 2 atom stereocenters. The standard InChI is InChI=1S/C12H11NO3/c1-6-2-3-7(4-10(6)14)13-11(15)8-5-9(8)12(13)16/h2-4,8-9,14H,5H2,1H3. The predicted molar refractivity (Wildman–Crippen MR) is 56.9 cm³/mol. The monoisotopic (exact) mass is 217 g/mol. The highest BCUT2D eigenvalue weighted by atomic mass is 16.3. The number of nitrogens with zero attached hydrogens (tertiary/aromatic N) is 1. The summed E-state index contributed by atoms with van der Waals surface area (Å²) in [6.07, 6.45) is 0.700. The lowest BCUT2D eigenvalue weighted by molar-refractivity contribution is -0.123. The van der Waals surface area contributed by atoms with Crippen molar-refractivity contribution in [1.82, 2.24) is 0 Å². The number of phenolic OH excluding ortho intramolecular Hbond substituents is 1. The van der Waals surface area contributed by atoms with Gasteiger partial charge in [0.05, 0.1) is 17.5 Å². The van der Waals surface area contributed by atoms with Crippen molar-refractivity contribution in [2.24, 2.45) is 11.8 Å². The van der Waals surface area contributed by atoms with Crippen molar-refractivity contribution in [2.75, 3.05) is 4.90 Å².